The first-order chi connectivity index (χ1) is 25.9. The van der Waals surface area contributed by atoms with Crippen LogP contribution >= 0.6 is 11.6 Å². The Hall–Kier alpha value is -4.24. The van der Waals surface area contributed by atoms with E-state index in [1.54, 1.807) is 31.2 Å². The average Bonchev–Trinajstić information content (AvgIpc) is 3.12. The van der Waals surface area contributed by atoms with Crippen molar-refractivity contribution in [3.63, 3.8) is 0 Å². The number of primary amides is 1. The minimum atomic E-state index is -1.39. The number of carbonyl (C=O) groups excluding carboxylic acids is 7. The second-order valence-electron chi connectivity index (χ2n) is 14.5. The lowest BCUT2D eigenvalue weighted by molar-refractivity contribution is -0.136. The standard InChI is InChI=1S/C40H56BClN4O9/c1-24(39(53)45-33(23-37(44)52)35(50)21-25(2)41(4)55)20-36(51)38(26(3)47)46-40(54)30(8-5-6-19-43)22-32(48)9-7-10-34(49)29-13-11-27(12-14-29)28-15-17-31(42)18-16-28/h11-18,24-26,30,33,38,47,55H,5-10,19-23,43H2,1-4H3,(H2,44,52)(H,45,53)(H,46,54)/t24-,25-,26?,30-,33+,38+/m1/s1. The van der Waals surface area contributed by atoms with Crippen molar-refractivity contribution in [3.05, 3.63) is 59.1 Å². The Morgan fingerprint density at radius 2 is 1.36 bits per heavy atom. The number of aliphatic hydroxyl groups excluding tert-OH is 1. The molecular formula is C40H56BClN4O9. The smallest absolute Gasteiger partial charge is 0.289 e. The van der Waals surface area contributed by atoms with E-state index < -0.39 is 84.9 Å². The highest BCUT2D eigenvalue weighted by Gasteiger charge is 2.33. The number of nitrogens with two attached hydrogens (primary N) is 2. The molecule has 0 saturated carbocycles. The highest BCUT2D eigenvalue weighted by molar-refractivity contribution is 6.50. The molecule has 3 amide bonds. The molecule has 0 aromatic heterocycles. The fourth-order valence-electron chi connectivity index (χ4n) is 5.97. The number of benzene rings is 2. The molecule has 0 aliphatic rings. The predicted molar refractivity (Wildman–Crippen MR) is 212 cm³/mol. The van der Waals surface area contributed by atoms with E-state index in [1.807, 2.05) is 24.3 Å². The van der Waals surface area contributed by atoms with E-state index in [9.17, 15) is 43.7 Å². The van der Waals surface area contributed by atoms with E-state index in [0.717, 1.165) is 11.1 Å². The third-order valence-corrected chi connectivity index (χ3v) is 9.89. The van der Waals surface area contributed by atoms with Gasteiger partial charge in [0.1, 0.15) is 11.8 Å². The van der Waals surface area contributed by atoms with Gasteiger partial charge < -0.3 is 32.2 Å². The Bertz CT molecular complexity index is 1620. The van der Waals surface area contributed by atoms with Gasteiger partial charge in [-0.05, 0) is 61.8 Å². The molecule has 2 rings (SSSR count). The van der Waals surface area contributed by atoms with Gasteiger partial charge in [0.05, 0.1) is 18.6 Å². The van der Waals surface area contributed by atoms with Gasteiger partial charge in [-0.15, -0.1) is 0 Å². The van der Waals surface area contributed by atoms with Crippen LogP contribution < -0.4 is 22.1 Å². The summed E-state index contributed by atoms with van der Waals surface area (Å²) in [4.78, 5) is 90.2. The number of amides is 3. The van der Waals surface area contributed by atoms with E-state index in [2.05, 4.69) is 10.6 Å². The van der Waals surface area contributed by atoms with Gasteiger partial charge >= 0.3 is 0 Å². The van der Waals surface area contributed by atoms with E-state index in [0.29, 0.717) is 36.4 Å². The molecule has 0 aliphatic heterocycles. The summed E-state index contributed by atoms with van der Waals surface area (Å²) >= 11 is 5.97. The number of nitrogens with one attached hydrogen (secondary N) is 2. The first-order valence-electron chi connectivity index (χ1n) is 18.8. The van der Waals surface area contributed by atoms with Crippen molar-refractivity contribution in [1.29, 1.82) is 0 Å². The van der Waals surface area contributed by atoms with Gasteiger partial charge in [-0.2, -0.15) is 0 Å². The summed E-state index contributed by atoms with van der Waals surface area (Å²) in [7, 11) is 0. The first-order valence-corrected chi connectivity index (χ1v) is 19.2. The molecule has 55 heavy (non-hydrogen) atoms. The normalized spacial score (nSPS) is 14.4. The van der Waals surface area contributed by atoms with E-state index in [4.69, 9.17) is 23.1 Å². The Balaban J connectivity index is 2.00. The van der Waals surface area contributed by atoms with Crippen LogP contribution in [-0.2, 0) is 28.8 Å². The van der Waals surface area contributed by atoms with Crippen LogP contribution in [0.3, 0.4) is 0 Å². The molecule has 0 heterocycles. The van der Waals surface area contributed by atoms with Gasteiger partial charge in [0, 0.05) is 54.5 Å². The van der Waals surface area contributed by atoms with Gasteiger partial charge in [0.2, 0.25) is 17.7 Å². The molecule has 15 heteroatoms. The lowest BCUT2D eigenvalue weighted by atomic mass is 9.58. The molecule has 0 radical (unpaired) electrons. The maximum atomic E-state index is 13.5. The Morgan fingerprint density at radius 3 is 1.91 bits per heavy atom. The molecule has 0 saturated heterocycles. The van der Waals surface area contributed by atoms with Crippen LogP contribution in [-0.4, -0.2) is 82.6 Å². The topological polar surface area (TPSA) is 236 Å². The van der Waals surface area contributed by atoms with Crippen molar-refractivity contribution < 1.29 is 43.7 Å². The van der Waals surface area contributed by atoms with Crippen LogP contribution in [0.25, 0.3) is 11.1 Å². The molecule has 0 bridgehead atoms. The Morgan fingerprint density at radius 1 is 0.764 bits per heavy atom. The molecule has 2 aromatic rings. The summed E-state index contributed by atoms with van der Waals surface area (Å²) in [6.45, 7) is 5.48. The van der Waals surface area contributed by atoms with Crippen LogP contribution in [0.1, 0.15) is 95.3 Å². The number of hydrogen-bond donors (Lipinski definition) is 6. The molecule has 0 aliphatic carbocycles. The van der Waals surface area contributed by atoms with Gasteiger partial charge in [0.15, 0.2) is 17.3 Å². The van der Waals surface area contributed by atoms with Crippen molar-refractivity contribution in [2.75, 3.05) is 6.54 Å². The second kappa shape index (κ2) is 23.6. The largest absolute Gasteiger partial charge is 0.450 e. The van der Waals surface area contributed by atoms with Crippen LogP contribution in [0.2, 0.25) is 17.7 Å². The molecule has 0 spiro atoms. The fourth-order valence-corrected chi connectivity index (χ4v) is 6.10. The number of aliphatic hydroxyl groups is 1. The average molecular weight is 783 g/mol. The van der Waals surface area contributed by atoms with Crippen molar-refractivity contribution >= 4 is 59.4 Å². The third kappa shape index (κ3) is 16.6. The molecule has 300 valence electrons. The molecule has 1 unspecified atom stereocenters. The highest BCUT2D eigenvalue weighted by Crippen LogP contribution is 2.23. The second-order valence-corrected chi connectivity index (χ2v) is 14.9. The SMILES string of the molecule is CB(O)[C@H](C)CC(=O)[C@H](CC(N)=O)NC(=O)[C@H](C)CC(=O)[C@@H](NC(=O)[C@H](CCCCN)CC(=O)CCCC(=O)c1ccc(-c2ccc(Cl)cc2)cc1)C(C)O. The zero-order valence-corrected chi connectivity index (χ0v) is 33.0. The number of unbranched alkanes of at least 4 members (excludes halogenated alkanes) is 1. The Kier molecular flexibility index (Phi) is 20.2. The van der Waals surface area contributed by atoms with E-state index >= 15 is 0 Å². The molecule has 13 nitrogen and oxygen atoms in total. The predicted octanol–water partition coefficient (Wildman–Crippen LogP) is 3.85. The minimum Gasteiger partial charge on any atom is -0.450 e. The molecule has 2 aromatic carbocycles. The molecule has 6 atom stereocenters. The van der Waals surface area contributed by atoms with Gasteiger partial charge in [-0.3, -0.25) is 33.6 Å². The summed E-state index contributed by atoms with van der Waals surface area (Å²) in [5.41, 5.74) is 13.3. The quantitative estimate of drug-likeness (QED) is 0.0458. The number of ketones is 4. The van der Waals surface area contributed by atoms with E-state index in [1.165, 1.54) is 20.7 Å². The molecule has 0 fully saturated rings. The van der Waals surface area contributed by atoms with E-state index in [-0.39, 0.29) is 43.7 Å². The summed E-state index contributed by atoms with van der Waals surface area (Å²) < 4.78 is 0. The summed E-state index contributed by atoms with van der Waals surface area (Å²) in [5.74, 6) is -5.94. The molecular weight excluding hydrogens is 727 g/mol. The van der Waals surface area contributed by atoms with Crippen LogP contribution in [0.4, 0.5) is 0 Å². The summed E-state index contributed by atoms with van der Waals surface area (Å²) in [6.07, 6.45) is -0.548. The van der Waals surface area contributed by atoms with Crippen LogP contribution in [0, 0.1) is 11.8 Å². The third-order valence-electron chi connectivity index (χ3n) is 9.63. The maximum Gasteiger partial charge on any atom is 0.289 e. The lowest BCUT2D eigenvalue weighted by Gasteiger charge is -2.25. The first kappa shape index (κ1) is 46.9. The molecule has 8 N–H and O–H groups in total. The number of hydrogen-bond acceptors (Lipinski definition) is 10. The van der Waals surface area contributed by atoms with Crippen molar-refractivity contribution in [2.45, 2.75) is 116 Å². The van der Waals surface area contributed by atoms with Gasteiger partial charge in [-0.1, -0.05) is 75.1 Å². The minimum absolute atomic E-state index is 0.0673. The van der Waals surface area contributed by atoms with Crippen molar-refractivity contribution in [1.82, 2.24) is 10.6 Å². The highest BCUT2D eigenvalue weighted by atomic mass is 35.5. The zero-order valence-electron chi connectivity index (χ0n) is 32.2. The number of rotatable bonds is 26. The maximum absolute atomic E-state index is 13.5. The Labute approximate surface area is 328 Å². The number of carbonyl (C=O) groups is 7. The number of Topliss-reactive ketones (excluding diaryl/α,β-unsaturated/α-hetero) is 4. The monoisotopic (exact) mass is 782 g/mol. The van der Waals surface area contributed by atoms with Crippen molar-refractivity contribution in [3.8, 4) is 11.1 Å². The van der Waals surface area contributed by atoms with Crippen LogP contribution in [0.5, 0.6) is 0 Å². The fraction of sp³-hybridized carbons (Fsp3) is 0.525. The zero-order chi connectivity index (χ0) is 41.2. The van der Waals surface area contributed by atoms with Crippen molar-refractivity contribution in [2.24, 2.45) is 23.3 Å². The number of halogens is 1. The van der Waals surface area contributed by atoms with Crippen LogP contribution in [0.15, 0.2) is 48.5 Å². The summed E-state index contributed by atoms with van der Waals surface area (Å²) in [5, 5.41) is 25.9. The van der Waals surface area contributed by atoms with Gasteiger partial charge in [-0.25, -0.2) is 0 Å². The lowest BCUT2D eigenvalue weighted by Crippen LogP contribution is -2.51. The summed E-state index contributed by atoms with van der Waals surface area (Å²) in [6, 6.07) is 11.9. The van der Waals surface area contributed by atoms with Gasteiger partial charge in [0.25, 0.3) is 6.92 Å².